The summed E-state index contributed by atoms with van der Waals surface area (Å²) in [5.74, 6) is 0.161. The third-order valence-corrected chi connectivity index (χ3v) is 7.33. The number of aromatic nitrogens is 1. The summed E-state index contributed by atoms with van der Waals surface area (Å²) in [6.45, 7) is 9.49. The Morgan fingerprint density at radius 2 is 1.64 bits per heavy atom. The fraction of sp³-hybridized carbons (Fsp3) is 0.226. The van der Waals surface area contributed by atoms with Crippen LogP contribution < -0.4 is 0 Å². The number of fused-ring (bicyclic) bond motifs is 4. The zero-order valence-electron chi connectivity index (χ0n) is 21.1. The number of thiophene rings is 1. The number of nitrogens with zero attached hydrogens (tertiary/aromatic N) is 1. The molecule has 1 radical (unpaired) electrons. The van der Waals surface area contributed by atoms with Gasteiger partial charge in [0.05, 0.1) is 11.3 Å². The maximum atomic E-state index is 11.0. The molecule has 1 N–H and O–H groups in total. The van der Waals surface area contributed by atoms with Crippen LogP contribution in [-0.2, 0) is 24.9 Å². The third kappa shape index (κ3) is 5.92. The molecule has 5 aromatic rings. The first-order chi connectivity index (χ1) is 16.8. The largest absolute Gasteiger partial charge is 0.512 e. The molecule has 0 bridgehead atoms. The molecule has 0 saturated heterocycles. The average Bonchev–Trinajstić information content (AvgIpc) is 3.24. The van der Waals surface area contributed by atoms with E-state index in [4.69, 9.17) is 4.98 Å². The summed E-state index contributed by atoms with van der Waals surface area (Å²) in [4.78, 5) is 15.9. The van der Waals surface area contributed by atoms with Crippen molar-refractivity contribution in [2.45, 2.75) is 34.6 Å². The molecular formula is C31H30IrNO2S-. The Morgan fingerprint density at radius 3 is 2.36 bits per heavy atom. The smallest absolute Gasteiger partial charge is 0.161 e. The molecule has 0 aliphatic heterocycles. The molecule has 3 nitrogen and oxygen atoms in total. The molecule has 0 spiro atoms. The van der Waals surface area contributed by atoms with Crippen LogP contribution in [0.2, 0.25) is 0 Å². The Bertz CT molecular complexity index is 1550. The molecule has 187 valence electrons. The number of allylic oxidation sites excluding steroid dienone is 2. The van der Waals surface area contributed by atoms with Gasteiger partial charge in [-0.3, -0.25) is 9.78 Å². The van der Waals surface area contributed by atoms with Crippen LogP contribution in [0.5, 0.6) is 0 Å². The summed E-state index contributed by atoms with van der Waals surface area (Å²) in [7, 11) is 0. The average molecular weight is 673 g/mol. The van der Waals surface area contributed by atoms with Crippen LogP contribution in [0.25, 0.3) is 42.3 Å². The molecule has 0 unspecified atom stereocenters. The van der Waals surface area contributed by atoms with Crippen molar-refractivity contribution in [2.75, 3.05) is 0 Å². The van der Waals surface area contributed by atoms with E-state index in [1.165, 1.54) is 37.2 Å². The Labute approximate surface area is 230 Å². The minimum Gasteiger partial charge on any atom is -0.512 e. The van der Waals surface area contributed by atoms with Crippen LogP contribution in [0.1, 0.15) is 33.3 Å². The second kappa shape index (κ2) is 11.9. The van der Waals surface area contributed by atoms with E-state index in [-0.39, 0.29) is 43.5 Å². The number of ketones is 1. The van der Waals surface area contributed by atoms with Gasteiger partial charge >= 0.3 is 0 Å². The molecule has 0 aliphatic carbocycles. The Kier molecular flexibility index (Phi) is 9.18. The van der Waals surface area contributed by atoms with Crippen LogP contribution >= 0.6 is 11.3 Å². The molecule has 0 saturated carbocycles. The van der Waals surface area contributed by atoms with E-state index in [1.807, 2.05) is 57.2 Å². The van der Waals surface area contributed by atoms with E-state index >= 15 is 0 Å². The number of aryl methyl sites for hydroxylation is 1. The van der Waals surface area contributed by atoms with Gasteiger partial charge in [-0.15, -0.1) is 23.8 Å². The number of para-hydroxylation sites is 1. The third-order valence-electron chi connectivity index (χ3n) is 5.96. The van der Waals surface area contributed by atoms with Gasteiger partial charge in [0.25, 0.3) is 0 Å². The van der Waals surface area contributed by atoms with Crippen LogP contribution in [0, 0.1) is 24.8 Å². The number of rotatable bonds is 4. The van der Waals surface area contributed by atoms with Crippen LogP contribution in [0.4, 0.5) is 0 Å². The van der Waals surface area contributed by atoms with Gasteiger partial charge in [0, 0.05) is 42.7 Å². The standard InChI is InChI=1S/C22H14NS.C9H16O2.Ir/c1-14-6-4-8-16-17-9-5-10-18(22(17)24-21(14)16)20-13-12-15-7-2-3-11-19(15)23-20;1-6(2)8(10)5-9(11)7(3)4;/h2-9,11-13H,1H3;5-7,10H,1-4H3;/q-1;;/b;8-5-;. The van der Waals surface area contributed by atoms with Gasteiger partial charge in [0.1, 0.15) is 0 Å². The molecule has 2 heterocycles. The first-order valence-corrected chi connectivity index (χ1v) is 12.7. The van der Waals surface area contributed by atoms with E-state index in [9.17, 15) is 9.90 Å². The summed E-state index contributed by atoms with van der Waals surface area (Å²) < 4.78 is 2.62. The summed E-state index contributed by atoms with van der Waals surface area (Å²) in [5, 5.41) is 13.0. The van der Waals surface area contributed by atoms with Gasteiger partial charge in [-0.2, -0.15) is 11.3 Å². The maximum absolute atomic E-state index is 11.0. The molecule has 3 aromatic carbocycles. The van der Waals surface area contributed by atoms with E-state index in [2.05, 4.69) is 61.5 Å². The van der Waals surface area contributed by atoms with E-state index in [0.717, 1.165) is 16.8 Å². The number of benzene rings is 3. The van der Waals surface area contributed by atoms with Crippen LogP contribution in [0.3, 0.4) is 0 Å². The van der Waals surface area contributed by atoms with Crippen LogP contribution in [0.15, 0.2) is 78.6 Å². The Hall–Kier alpha value is -2.85. The predicted molar refractivity (Wildman–Crippen MR) is 149 cm³/mol. The monoisotopic (exact) mass is 673 g/mol. The second-order valence-electron chi connectivity index (χ2n) is 9.32. The number of carbonyl (C=O) groups is 1. The molecule has 0 aliphatic rings. The van der Waals surface area contributed by atoms with Gasteiger partial charge in [-0.1, -0.05) is 81.6 Å². The maximum Gasteiger partial charge on any atom is 0.161 e. The molecule has 0 amide bonds. The summed E-state index contributed by atoms with van der Waals surface area (Å²) >= 11 is 1.84. The van der Waals surface area contributed by atoms with Crippen molar-refractivity contribution in [2.24, 2.45) is 11.8 Å². The topological polar surface area (TPSA) is 50.2 Å². The van der Waals surface area contributed by atoms with E-state index in [0.29, 0.717) is 0 Å². The van der Waals surface area contributed by atoms with Crippen molar-refractivity contribution in [1.29, 1.82) is 0 Å². The van der Waals surface area contributed by atoms with Gasteiger partial charge < -0.3 is 5.11 Å². The number of pyridine rings is 1. The van der Waals surface area contributed by atoms with Crippen molar-refractivity contribution in [3.8, 4) is 11.3 Å². The SMILES string of the molecule is CC(C)C(=O)/C=C(\O)C(C)C.Cc1cccc2c1sc1c(-c3ccc4ccccc4n3)[c-]ccc12.[Ir]. The first-order valence-electron chi connectivity index (χ1n) is 11.9. The van der Waals surface area contributed by atoms with E-state index < -0.39 is 0 Å². The Balaban J connectivity index is 0.000000260. The van der Waals surface area contributed by atoms with E-state index in [1.54, 1.807) is 0 Å². The quantitative estimate of drug-likeness (QED) is 0.118. The molecule has 0 atom stereocenters. The zero-order valence-corrected chi connectivity index (χ0v) is 24.3. The molecule has 0 fully saturated rings. The van der Waals surface area contributed by atoms with Gasteiger partial charge in [-0.05, 0) is 39.7 Å². The normalized spacial score (nSPS) is 11.6. The van der Waals surface area contributed by atoms with Crippen molar-refractivity contribution in [3.63, 3.8) is 0 Å². The van der Waals surface area contributed by atoms with Gasteiger partial charge in [-0.25, -0.2) is 0 Å². The zero-order chi connectivity index (χ0) is 25.1. The molecular weight excluding hydrogens is 643 g/mol. The fourth-order valence-corrected chi connectivity index (χ4v) is 5.05. The molecule has 36 heavy (non-hydrogen) atoms. The molecule has 2 aromatic heterocycles. The number of carbonyl (C=O) groups excluding carboxylic acids is 1. The molecule has 5 rings (SSSR count). The van der Waals surface area contributed by atoms with Gasteiger partial charge in [0.15, 0.2) is 5.78 Å². The number of aliphatic hydroxyl groups is 1. The minimum absolute atomic E-state index is 0. The predicted octanol–water partition coefficient (Wildman–Crippen LogP) is 8.69. The fourth-order valence-electron chi connectivity index (χ4n) is 3.78. The first kappa shape index (κ1) is 27.7. The van der Waals surface area contributed by atoms with Crippen molar-refractivity contribution in [3.05, 3.63) is 90.2 Å². The minimum atomic E-state index is -0.0316. The number of aliphatic hydroxyl groups excluding tert-OH is 1. The number of hydrogen-bond acceptors (Lipinski definition) is 4. The second-order valence-corrected chi connectivity index (χ2v) is 10.3. The molecule has 5 heteroatoms. The summed E-state index contributed by atoms with van der Waals surface area (Å²) in [6, 6.07) is 26.6. The van der Waals surface area contributed by atoms with Gasteiger partial charge in [0.2, 0.25) is 0 Å². The number of hydrogen-bond donors (Lipinski definition) is 1. The van der Waals surface area contributed by atoms with Crippen molar-refractivity contribution in [1.82, 2.24) is 4.98 Å². The summed E-state index contributed by atoms with van der Waals surface area (Å²) in [5.41, 5.74) is 4.44. The van der Waals surface area contributed by atoms with Crippen molar-refractivity contribution >= 4 is 48.2 Å². The van der Waals surface area contributed by atoms with Crippen molar-refractivity contribution < 1.29 is 30.0 Å². The summed E-state index contributed by atoms with van der Waals surface area (Å²) in [6.07, 6.45) is 1.31. The van der Waals surface area contributed by atoms with Crippen LogP contribution in [-0.4, -0.2) is 15.9 Å². The Morgan fingerprint density at radius 1 is 0.917 bits per heavy atom.